The number of allylic oxidation sites excluding steroid dienone is 2. The minimum absolute atomic E-state index is 0.178. The van der Waals surface area contributed by atoms with Gasteiger partial charge in [-0.15, -0.1) is 0 Å². The molecule has 1 aliphatic carbocycles. The molecule has 0 radical (unpaired) electrons. The van der Waals surface area contributed by atoms with Crippen molar-refractivity contribution in [3.63, 3.8) is 0 Å². The van der Waals surface area contributed by atoms with Gasteiger partial charge in [-0.1, -0.05) is 47.1 Å². The van der Waals surface area contributed by atoms with Crippen molar-refractivity contribution in [1.82, 2.24) is 0 Å². The zero-order valence-electron chi connectivity index (χ0n) is 13.9. The number of hydrogen-bond acceptors (Lipinski definition) is 1. The smallest absolute Gasteiger partial charge is 0.133 e. The number of benzene rings is 1. The van der Waals surface area contributed by atoms with Crippen LogP contribution in [0, 0.1) is 5.92 Å². The Kier molecular flexibility index (Phi) is 5.19. The van der Waals surface area contributed by atoms with Crippen molar-refractivity contribution in [2.75, 3.05) is 6.61 Å². The molecule has 0 heterocycles. The topological polar surface area (TPSA) is 9.23 Å². The van der Waals surface area contributed by atoms with Gasteiger partial charge in [-0.05, 0) is 68.9 Å². The van der Waals surface area contributed by atoms with Gasteiger partial charge in [-0.25, -0.2) is 0 Å². The Morgan fingerprint density at radius 3 is 2.62 bits per heavy atom. The first-order valence-electron chi connectivity index (χ1n) is 8.04. The van der Waals surface area contributed by atoms with Gasteiger partial charge in [-0.3, -0.25) is 0 Å². The van der Waals surface area contributed by atoms with Crippen LogP contribution in [0.25, 0.3) is 5.57 Å². The van der Waals surface area contributed by atoms with Crippen LogP contribution in [0.5, 0.6) is 5.75 Å². The van der Waals surface area contributed by atoms with Gasteiger partial charge in [0.1, 0.15) is 5.75 Å². The van der Waals surface area contributed by atoms with Crippen LogP contribution in [-0.2, 0) is 5.41 Å². The molecule has 0 fully saturated rings. The van der Waals surface area contributed by atoms with Gasteiger partial charge >= 0.3 is 0 Å². The van der Waals surface area contributed by atoms with Gasteiger partial charge in [-0.2, -0.15) is 0 Å². The summed E-state index contributed by atoms with van der Waals surface area (Å²) < 4.78 is 7.04. The van der Waals surface area contributed by atoms with Gasteiger partial charge in [0.15, 0.2) is 0 Å². The average molecular weight is 351 g/mol. The molecule has 0 amide bonds. The summed E-state index contributed by atoms with van der Waals surface area (Å²) in [4.78, 5) is 0. The molecule has 116 valence electrons. The van der Waals surface area contributed by atoms with Crippen LogP contribution in [0.15, 0.2) is 22.7 Å². The van der Waals surface area contributed by atoms with E-state index in [0.29, 0.717) is 5.92 Å². The van der Waals surface area contributed by atoms with E-state index in [1.165, 1.54) is 16.7 Å². The van der Waals surface area contributed by atoms with Gasteiger partial charge in [0.25, 0.3) is 0 Å². The van der Waals surface area contributed by atoms with Crippen molar-refractivity contribution >= 4 is 21.5 Å². The normalized spacial score (nSPS) is 16.6. The van der Waals surface area contributed by atoms with E-state index >= 15 is 0 Å². The number of ether oxygens (including phenoxy) is 1. The summed E-state index contributed by atoms with van der Waals surface area (Å²) in [5, 5.41) is 0. The van der Waals surface area contributed by atoms with Gasteiger partial charge < -0.3 is 4.74 Å². The Hall–Kier alpha value is -0.760. The van der Waals surface area contributed by atoms with E-state index in [2.05, 4.69) is 68.8 Å². The van der Waals surface area contributed by atoms with E-state index < -0.39 is 0 Å². The van der Waals surface area contributed by atoms with Crippen LogP contribution < -0.4 is 4.74 Å². The molecule has 0 saturated carbocycles. The lowest BCUT2D eigenvalue weighted by molar-refractivity contribution is 0.306. The molecule has 2 rings (SSSR count). The highest BCUT2D eigenvalue weighted by Crippen LogP contribution is 2.45. The van der Waals surface area contributed by atoms with Gasteiger partial charge in [0.2, 0.25) is 0 Å². The Labute approximate surface area is 137 Å². The molecule has 0 spiro atoms. The summed E-state index contributed by atoms with van der Waals surface area (Å²) in [6.45, 7) is 12.2. The monoisotopic (exact) mass is 350 g/mol. The fraction of sp³-hybridized carbons (Fsp3) is 0.579. The summed E-state index contributed by atoms with van der Waals surface area (Å²) in [5.41, 5.74) is 4.45. The first-order valence-corrected chi connectivity index (χ1v) is 8.83. The number of rotatable bonds is 5. The van der Waals surface area contributed by atoms with Crippen LogP contribution >= 0.6 is 15.9 Å². The molecule has 0 atom stereocenters. The highest BCUT2D eigenvalue weighted by atomic mass is 79.9. The van der Waals surface area contributed by atoms with Crippen molar-refractivity contribution in [1.29, 1.82) is 0 Å². The molecule has 0 aliphatic heterocycles. The maximum atomic E-state index is 5.97. The van der Waals surface area contributed by atoms with Crippen LogP contribution in [0.2, 0.25) is 0 Å². The molecule has 0 N–H and O–H groups in total. The van der Waals surface area contributed by atoms with E-state index in [-0.39, 0.29) is 5.41 Å². The van der Waals surface area contributed by atoms with E-state index in [4.69, 9.17) is 4.74 Å². The Bertz CT molecular complexity index is 541. The fourth-order valence-electron chi connectivity index (χ4n) is 2.92. The molecule has 1 nitrogen and oxygen atoms in total. The molecule has 1 aromatic carbocycles. The second-order valence-electron chi connectivity index (χ2n) is 6.93. The van der Waals surface area contributed by atoms with E-state index in [1.54, 1.807) is 0 Å². The number of unbranched alkanes of at least 4 members (excludes halogenated alkanes) is 1. The third-order valence-corrected chi connectivity index (χ3v) is 4.94. The summed E-state index contributed by atoms with van der Waals surface area (Å²) in [6.07, 6.45) is 5.78. The minimum atomic E-state index is 0.178. The highest BCUT2D eigenvalue weighted by Gasteiger charge is 2.30. The second-order valence-corrected chi connectivity index (χ2v) is 7.79. The van der Waals surface area contributed by atoms with Crippen molar-refractivity contribution in [3.05, 3.63) is 33.8 Å². The Balaban J connectivity index is 2.43. The second kappa shape index (κ2) is 6.56. The largest absolute Gasteiger partial charge is 0.492 e. The molecule has 1 aliphatic rings. The maximum Gasteiger partial charge on any atom is 0.133 e. The summed E-state index contributed by atoms with van der Waals surface area (Å²) in [5.74, 6) is 1.54. The lowest BCUT2D eigenvalue weighted by atomic mass is 9.71. The maximum absolute atomic E-state index is 5.97. The van der Waals surface area contributed by atoms with Crippen LogP contribution in [0.1, 0.15) is 65.0 Å². The SMILES string of the molecule is CCCCOc1cc2c(cc1Br)C(C(C)C)=CCC2(C)C. The summed E-state index contributed by atoms with van der Waals surface area (Å²) >= 11 is 3.69. The molecule has 0 unspecified atom stereocenters. The molecular weight excluding hydrogens is 324 g/mol. The third kappa shape index (κ3) is 3.53. The van der Waals surface area contributed by atoms with Gasteiger partial charge in [0.05, 0.1) is 11.1 Å². The predicted octanol–water partition coefficient (Wildman–Crippen LogP) is 6.35. The first kappa shape index (κ1) is 16.6. The zero-order valence-corrected chi connectivity index (χ0v) is 15.5. The molecule has 2 heteroatoms. The third-order valence-electron chi connectivity index (χ3n) is 4.32. The minimum Gasteiger partial charge on any atom is -0.492 e. The average Bonchev–Trinajstić information content (AvgIpc) is 2.39. The highest BCUT2D eigenvalue weighted by molar-refractivity contribution is 9.10. The molecule has 21 heavy (non-hydrogen) atoms. The number of halogens is 1. The van der Waals surface area contributed by atoms with Crippen molar-refractivity contribution in [2.45, 2.75) is 59.3 Å². The molecular formula is C19H27BrO. The zero-order chi connectivity index (χ0) is 15.6. The van der Waals surface area contributed by atoms with E-state index in [9.17, 15) is 0 Å². The molecule has 0 saturated heterocycles. The van der Waals surface area contributed by atoms with Crippen molar-refractivity contribution < 1.29 is 4.74 Å². The standard InChI is InChI=1S/C19H27BrO/c1-6-7-10-21-18-12-16-15(11-17(18)20)14(13(2)3)8-9-19(16,4)5/h8,11-13H,6-7,9-10H2,1-5H3. The number of fused-ring (bicyclic) bond motifs is 1. The molecule has 0 bridgehead atoms. The summed E-state index contributed by atoms with van der Waals surface area (Å²) in [6, 6.07) is 4.51. The Morgan fingerprint density at radius 2 is 2.00 bits per heavy atom. The Morgan fingerprint density at radius 1 is 1.29 bits per heavy atom. The van der Waals surface area contributed by atoms with Crippen LogP contribution in [-0.4, -0.2) is 6.61 Å². The fourth-order valence-corrected chi connectivity index (χ4v) is 3.38. The lowest BCUT2D eigenvalue weighted by Gasteiger charge is -2.34. The first-order chi connectivity index (χ1) is 9.86. The lowest BCUT2D eigenvalue weighted by Crippen LogP contribution is -2.23. The predicted molar refractivity (Wildman–Crippen MR) is 95.0 cm³/mol. The molecule has 0 aromatic heterocycles. The van der Waals surface area contributed by atoms with Crippen LogP contribution in [0.4, 0.5) is 0 Å². The van der Waals surface area contributed by atoms with Crippen LogP contribution in [0.3, 0.4) is 0 Å². The van der Waals surface area contributed by atoms with E-state index in [1.807, 2.05) is 0 Å². The van der Waals surface area contributed by atoms with Crippen molar-refractivity contribution in [3.8, 4) is 5.75 Å². The summed E-state index contributed by atoms with van der Waals surface area (Å²) in [7, 11) is 0. The van der Waals surface area contributed by atoms with Crippen molar-refractivity contribution in [2.24, 2.45) is 5.92 Å². The number of hydrogen-bond donors (Lipinski definition) is 0. The molecule has 1 aromatic rings. The van der Waals surface area contributed by atoms with Gasteiger partial charge in [0, 0.05) is 0 Å². The van der Waals surface area contributed by atoms with E-state index in [0.717, 1.165) is 36.1 Å². The quantitative estimate of drug-likeness (QED) is 0.562.